The Kier molecular flexibility index (Phi) is 2.91. The predicted octanol–water partition coefficient (Wildman–Crippen LogP) is 1.37. The predicted molar refractivity (Wildman–Crippen MR) is 58.7 cm³/mol. The fraction of sp³-hybridized carbons (Fsp3) is 0.500. The molecular weight excluding hydrogens is 228 g/mol. The molecule has 86 valence electrons. The Balaban J connectivity index is 1.95. The number of hydrogen-bond donors (Lipinski definition) is 2. The SMILES string of the molecule is CC1CC(NC(=O)c2csc(C(=O)O)n2)C1. The summed E-state index contributed by atoms with van der Waals surface area (Å²) < 4.78 is 0. The van der Waals surface area contributed by atoms with Gasteiger partial charge in [-0.25, -0.2) is 9.78 Å². The lowest BCUT2D eigenvalue weighted by atomic mass is 9.82. The molecule has 1 aromatic rings. The van der Waals surface area contributed by atoms with Gasteiger partial charge in [0, 0.05) is 11.4 Å². The van der Waals surface area contributed by atoms with Crippen molar-refractivity contribution in [2.75, 3.05) is 0 Å². The second kappa shape index (κ2) is 4.21. The number of carbonyl (C=O) groups excluding carboxylic acids is 1. The van der Waals surface area contributed by atoms with Crippen LogP contribution < -0.4 is 5.32 Å². The second-order valence-electron chi connectivity index (χ2n) is 4.09. The highest BCUT2D eigenvalue weighted by Gasteiger charge is 2.27. The zero-order chi connectivity index (χ0) is 11.7. The summed E-state index contributed by atoms with van der Waals surface area (Å²) in [6.45, 7) is 2.13. The van der Waals surface area contributed by atoms with E-state index in [1.807, 2.05) is 0 Å². The molecule has 6 heteroatoms. The summed E-state index contributed by atoms with van der Waals surface area (Å²) in [6, 6.07) is 0.220. The number of thiazole rings is 1. The molecule has 0 saturated heterocycles. The van der Waals surface area contributed by atoms with E-state index in [1.165, 1.54) is 5.38 Å². The first-order valence-electron chi connectivity index (χ1n) is 5.06. The minimum atomic E-state index is -1.10. The Bertz CT molecular complexity index is 423. The van der Waals surface area contributed by atoms with Gasteiger partial charge in [-0.1, -0.05) is 6.92 Å². The molecule has 1 amide bonds. The van der Waals surface area contributed by atoms with Crippen molar-refractivity contribution in [3.63, 3.8) is 0 Å². The van der Waals surface area contributed by atoms with E-state index in [1.54, 1.807) is 0 Å². The summed E-state index contributed by atoms with van der Waals surface area (Å²) in [4.78, 5) is 26.0. The van der Waals surface area contributed by atoms with Gasteiger partial charge in [0.25, 0.3) is 5.91 Å². The zero-order valence-corrected chi connectivity index (χ0v) is 9.58. The molecular formula is C10H12N2O3S. The van der Waals surface area contributed by atoms with Gasteiger partial charge in [0.05, 0.1) is 0 Å². The van der Waals surface area contributed by atoms with Crippen molar-refractivity contribution >= 4 is 23.2 Å². The van der Waals surface area contributed by atoms with Gasteiger partial charge in [-0.15, -0.1) is 11.3 Å². The number of nitrogens with one attached hydrogen (secondary N) is 1. The summed E-state index contributed by atoms with van der Waals surface area (Å²) in [5.74, 6) is -0.711. The summed E-state index contributed by atoms with van der Waals surface area (Å²) in [6.07, 6.45) is 1.98. The van der Waals surface area contributed by atoms with Crippen LogP contribution in [0.15, 0.2) is 5.38 Å². The highest BCUT2D eigenvalue weighted by Crippen LogP contribution is 2.26. The third kappa shape index (κ3) is 2.21. The van der Waals surface area contributed by atoms with E-state index in [4.69, 9.17) is 5.11 Å². The van der Waals surface area contributed by atoms with Gasteiger partial charge >= 0.3 is 5.97 Å². The molecule has 1 aliphatic carbocycles. The normalized spacial score (nSPS) is 23.6. The fourth-order valence-electron chi connectivity index (χ4n) is 1.76. The molecule has 1 aromatic heterocycles. The Hall–Kier alpha value is -1.43. The Morgan fingerprint density at radius 1 is 1.56 bits per heavy atom. The van der Waals surface area contributed by atoms with Crippen molar-refractivity contribution < 1.29 is 14.7 Å². The molecule has 16 heavy (non-hydrogen) atoms. The average molecular weight is 240 g/mol. The van der Waals surface area contributed by atoms with E-state index < -0.39 is 5.97 Å². The monoisotopic (exact) mass is 240 g/mol. The third-order valence-corrected chi connectivity index (χ3v) is 3.46. The molecule has 1 fully saturated rings. The molecule has 0 bridgehead atoms. The number of carboxylic acid groups (broad SMARTS) is 1. The second-order valence-corrected chi connectivity index (χ2v) is 4.95. The Morgan fingerprint density at radius 3 is 2.75 bits per heavy atom. The van der Waals surface area contributed by atoms with E-state index in [0.717, 1.165) is 24.2 Å². The van der Waals surface area contributed by atoms with Crippen LogP contribution in [0.1, 0.15) is 40.1 Å². The molecule has 0 atom stereocenters. The molecule has 2 N–H and O–H groups in total. The summed E-state index contributed by atoms with van der Waals surface area (Å²) >= 11 is 0.968. The minimum absolute atomic E-state index is 0.0490. The smallest absolute Gasteiger partial charge is 0.365 e. The number of amides is 1. The number of rotatable bonds is 3. The third-order valence-electron chi connectivity index (χ3n) is 2.63. The van der Waals surface area contributed by atoms with Gasteiger partial charge in [-0.05, 0) is 18.8 Å². The van der Waals surface area contributed by atoms with E-state index in [9.17, 15) is 9.59 Å². The molecule has 5 nitrogen and oxygen atoms in total. The lowest BCUT2D eigenvalue weighted by molar-refractivity contribution is 0.0696. The van der Waals surface area contributed by atoms with E-state index in [2.05, 4.69) is 17.2 Å². The number of hydrogen-bond acceptors (Lipinski definition) is 4. The van der Waals surface area contributed by atoms with Gasteiger partial charge in [0.2, 0.25) is 5.01 Å². The first-order valence-corrected chi connectivity index (χ1v) is 5.94. The highest BCUT2D eigenvalue weighted by atomic mass is 32.1. The number of carboxylic acids is 1. The largest absolute Gasteiger partial charge is 0.476 e. The van der Waals surface area contributed by atoms with Crippen LogP contribution in [-0.4, -0.2) is 28.0 Å². The van der Waals surface area contributed by atoms with Crippen LogP contribution in [0.5, 0.6) is 0 Å². The van der Waals surface area contributed by atoms with E-state index in [0.29, 0.717) is 5.92 Å². The molecule has 0 spiro atoms. The molecule has 1 aliphatic rings. The minimum Gasteiger partial charge on any atom is -0.476 e. The Morgan fingerprint density at radius 2 is 2.25 bits per heavy atom. The number of aromatic nitrogens is 1. The molecule has 0 radical (unpaired) electrons. The van der Waals surface area contributed by atoms with Crippen molar-refractivity contribution in [3.05, 3.63) is 16.1 Å². The maximum absolute atomic E-state index is 11.6. The standard InChI is InChI=1S/C10H12N2O3S/c1-5-2-6(3-5)11-8(13)7-4-16-9(12-7)10(14)15/h4-6H,2-3H2,1H3,(H,11,13)(H,14,15). The van der Waals surface area contributed by atoms with Crippen LogP contribution in [-0.2, 0) is 0 Å². The van der Waals surface area contributed by atoms with Crippen molar-refractivity contribution in [1.82, 2.24) is 10.3 Å². The first-order chi connectivity index (χ1) is 7.56. The van der Waals surface area contributed by atoms with E-state index >= 15 is 0 Å². The van der Waals surface area contributed by atoms with Crippen molar-refractivity contribution in [1.29, 1.82) is 0 Å². The lowest BCUT2D eigenvalue weighted by Crippen LogP contribution is -2.43. The van der Waals surface area contributed by atoms with Crippen molar-refractivity contribution in [2.24, 2.45) is 5.92 Å². The topological polar surface area (TPSA) is 79.3 Å². The maximum Gasteiger partial charge on any atom is 0.365 e. The van der Waals surface area contributed by atoms with Crippen molar-refractivity contribution in [3.8, 4) is 0 Å². The van der Waals surface area contributed by atoms with Gasteiger partial charge in [0.1, 0.15) is 5.69 Å². The first kappa shape index (κ1) is 11.1. The van der Waals surface area contributed by atoms with Crippen LogP contribution in [0.3, 0.4) is 0 Å². The molecule has 0 aromatic carbocycles. The lowest BCUT2D eigenvalue weighted by Gasteiger charge is -2.32. The number of nitrogens with zero attached hydrogens (tertiary/aromatic N) is 1. The summed E-state index contributed by atoms with van der Waals surface area (Å²) in [5.41, 5.74) is 0.196. The van der Waals surface area contributed by atoms with Crippen LogP contribution in [0.2, 0.25) is 0 Å². The number of aromatic carboxylic acids is 1. The van der Waals surface area contributed by atoms with Gasteiger partial charge in [0.15, 0.2) is 0 Å². The van der Waals surface area contributed by atoms with Crippen LogP contribution in [0.4, 0.5) is 0 Å². The average Bonchev–Trinajstić information content (AvgIpc) is 2.63. The zero-order valence-electron chi connectivity index (χ0n) is 8.77. The number of carbonyl (C=O) groups is 2. The molecule has 2 rings (SSSR count). The summed E-state index contributed by atoms with van der Waals surface area (Å²) in [5, 5.41) is 12.9. The van der Waals surface area contributed by atoms with Gasteiger partial charge in [-0.2, -0.15) is 0 Å². The van der Waals surface area contributed by atoms with Crippen LogP contribution in [0, 0.1) is 5.92 Å². The van der Waals surface area contributed by atoms with E-state index in [-0.39, 0.29) is 22.7 Å². The fourth-order valence-corrected chi connectivity index (χ4v) is 2.39. The molecule has 1 heterocycles. The maximum atomic E-state index is 11.6. The molecule has 0 aliphatic heterocycles. The quantitative estimate of drug-likeness (QED) is 0.836. The molecule has 1 saturated carbocycles. The van der Waals surface area contributed by atoms with Gasteiger partial charge in [-0.3, -0.25) is 4.79 Å². The molecule has 0 unspecified atom stereocenters. The van der Waals surface area contributed by atoms with Crippen molar-refractivity contribution in [2.45, 2.75) is 25.8 Å². The summed E-state index contributed by atoms with van der Waals surface area (Å²) in [7, 11) is 0. The van der Waals surface area contributed by atoms with Crippen LogP contribution >= 0.6 is 11.3 Å². The van der Waals surface area contributed by atoms with Gasteiger partial charge < -0.3 is 10.4 Å². The Labute approximate surface area is 96.5 Å². The highest BCUT2D eigenvalue weighted by molar-refractivity contribution is 7.11. The van der Waals surface area contributed by atoms with Crippen LogP contribution in [0.25, 0.3) is 0 Å².